The van der Waals surface area contributed by atoms with Crippen molar-refractivity contribution in [2.24, 2.45) is 29.6 Å². The van der Waals surface area contributed by atoms with Crippen molar-refractivity contribution in [3.63, 3.8) is 0 Å². The second-order valence-corrected chi connectivity index (χ2v) is 10.2. The van der Waals surface area contributed by atoms with Gasteiger partial charge >= 0.3 is 0 Å². The van der Waals surface area contributed by atoms with Gasteiger partial charge in [0.1, 0.15) is 0 Å². The van der Waals surface area contributed by atoms with Crippen molar-refractivity contribution in [3.05, 3.63) is 0 Å². The minimum atomic E-state index is -1.56. The van der Waals surface area contributed by atoms with Crippen LogP contribution >= 0.6 is 0 Å². The third kappa shape index (κ3) is 6.15. The minimum Gasteiger partial charge on any atom is -0.375 e. The Morgan fingerprint density at radius 1 is 0.759 bits per heavy atom. The molecule has 4 heteroatoms. The first-order valence-electron chi connectivity index (χ1n) is 12.5. The number of halogens is 2. The molecule has 2 nitrogen and oxygen atoms in total. The van der Waals surface area contributed by atoms with Crippen LogP contribution in [0, 0.1) is 29.6 Å². The Labute approximate surface area is 177 Å². The molecule has 0 N–H and O–H groups in total. The van der Waals surface area contributed by atoms with Crippen LogP contribution in [-0.2, 0) is 9.47 Å². The number of hydrogen-bond acceptors (Lipinski definition) is 2. The maximum absolute atomic E-state index is 14.6. The van der Waals surface area contributed by atoms with E-state index < -0.39 is 24.6 Å². The summed E-state index contributed by atoms with van der Waals surface area (Å²) in [6, 6.07) is 0. The first-order chi connectivity index (χ1) is 14.0. The quantitative estimate of drug-likeness (QED) is 0.430. The molecule has 0 amide bonds. The predicted octanol–water partition coefficient (Wildman–Crippen LogP) is 6.91. The van der Waals surface area contributed by atoms with Gasteiger partial charge in [-0.15, -0.1) is 0 Å². The second kappa shape index (κ2) is 11.4. The Morgan fingerprint density at radius 3 is 1.90 bits per heavy atom. The van der Waals surface area contributed by atoms with Crippen LogP contribution in [0.5, 0.6) is 0 Å². The van der Waals surface area contributed by atoms with Crippen LogP contribution in [0.25, 0.3) is 0 Å². The van der Waals surface area contributed by atoms with Gasteiger partial charge in [0.2, 0.25) is 0 Å². The largest absolute Gasteiger partial charge is 0.375 e. The second-order valence-electron chi connectivity index (χ2n) is 10.2. The number of hydrogen-bond donors (Lipinski definition) is 0. The Morgan fingerprint density at radius 2 is 1.34 bits per heavy atom. The fourth-order valence-electron chi connectivity index (χ4n) is 6.39. The van der Waals surface area contributed by atoms with Crippen molar-refractivity contribution >= 4 is 0 Å². The van der Waals surface area contributed by atoms with Crippen LogP contribution in [0.4, 0.5) is 8.78 Å². The lowest BCUT2D eigenvalue weighted by Gasteiger charge is -2.40. The standard InChI is InChI=1S/C25H44F2O2/c1-4-6-18-7-11-20(12-8-18)21-13-9-19(10-14-21)16-29-25-17(3)15-22(28-5-2)23(26)24(25)27/h17-25H,4-16H2,1-3H3. The fraction of sp³-hybridized carbons (Fsp3) is 1.00. The summed E-state index contributed by atoms with van der Waals surface area (Å²) in [7, 11) is 0. The number of alkyl halides is 2. The molecule has 3 fully saturated rings. The zero-order valence-electron chi connectivity index (χ0n) is 19.0. The Kier molecular flexibility index (Phi) is 9.23. The molecule has 0 aromatic carbocycles. The van der Waals surface area contributed by atoms with E-state index in [1.807, 2.05) is 13.8 Å². The van der Waals surface area contributed by atoms with Crippen LogP contribution in [0.3, 0.4) is 0 Å². The summed E-state index contributed by atoms with van der Waals surface area (Å²) in [5.74, 6) is 3.32. The van der Waals surface area contributed by atoms with Crippen molar-refractivity contribution in [3.8, 4) is 0 Å². The zero-order valence-corrected chi connectivity index (χ0v) is 19.0. The van der Waals surface area contributed by atoms with Gasteiger partial charge in [-0.25, -0.2) is 8.78 Å². The summed E-state index contributed by atoms with van der Waals surface area (Å²) in [4.78, 5) is 0. The molecule has 0 spiro atoms. The van der Waals surface area contributed by atoms with Gasteiger partial charge in [-0.05, 0) is 81.5 Å². The minimum absolute atomic E-state index is 0.00296. The van der Waals surface area contributed by atoms with E-state index >= 15 is 0 Å². The van der Waals surface area contributed by atoms with E-state index in [9.17, 15) is 8.78 Å². The van der Waals surface area contributed by atoms with Gasteiger partial charge in [-0.2, -0.15) is 0 Å². The molecule has 29 heavy (non-hydrogen) atoms. The molecule has 0 aromatic rings. The van der Waals surface area contributed by atoms with Crippen molar-refractivity contribution in [1.82, 2.24) is 0 Å². The third-order valence-electron chi connectivity index (χ3n) is 8.19. The highest BCUT2D eigenvalue weighted by atomic mass is 19.2. The van der Waals surface area contributed by atoms with Crippen molar-refractivity contribution < 1.29 is 18.3 Å². The van der Waals surface area contributed by atoms with Crippen molar-refractivity contribution in [2.45, 2.75) is 116 Å². The molecule has 5 atom stereocenters. The van der Waals surface area contributed by atoms with E-state index in [-0.39, 0.29) is 5.92 Å². The molecular formula is C25H44F2O2. The maximum Gasteiger partial charge on any atom is 0.160 e. The first-order valence-corrected chi connectivity index (χ1v) is 12.5. The van der Waals surface area contributed by atoms with E-state index in [1.165, 1.54) is 64.2 Å². The molecule has 3 rings (SSSR count). The van der Waals surface area contributed by atoms with E-state index in [0.717, 1.165) is 17.8 Å². The number of rotatable bonds is 8. The lowest BCUT2D eigenvalue weighted by Crippen LogP contribution is -2.51. The van der Waals surface area contributed by atoms with Gasteiger partial charge in [0.25, 0.3) is 0 Å². The van der Waals surface area contributed by atoms with Gasteiger partial charge in [0.05, 0.1) is 12.2 Å². The monoisotopic (exact) mass is 414 g/mol. The molecule has 0 saturated heterocycles. The van der Waals surface area contributed by atoms with Crippen LogP contribution in [0.15, 0.2) is 0 Å². The highest BCUT2D eigenvalue weighted by Crippen LogP contribution is 2.42. The van der Waals surface area contributed by atoms with Crippen molar-refractivity contribution in [2.75, 3.05) is 13.2 Å². The third-order valence-corrected chi connectivity index (χ3v) is 8.19. The van der Waals surface area contributed by atoms with Gasteiger partial charge in [-0.3, -0.25) is 0 Å². The summed E-state index contributed by atoms with van der Waals surface area (Å²) < 4.78 is 40.4. The van der Waals surface area contributed by atoms with Crippen molar-refractivity contribution in [1.29, 1.82) is 0 Å². The van der Waals surface area contributed by atoms with E-state index in [1.54, 1.807) is 0 Å². The molecule has 0 heterocycles. The van der Waals surface area contributed by atoms with Gasteiger partial charge in [0.15, 0.2) is 12.3 Å². The molecule has 3 aliphatic carbocycles. The molecule has 0 radical (unpaired) electrons. The average Bonchev–Trinajstić information content (AvgIpc) is 2.73. The Balaban J connectivity index is 1.38. The molecule has 0 bridgehead atoms. The molecular weight excluding hydrogens is 370 g/mol. The van der Waals surface area contributed by atoms with Gasteiger partial charge in [0, 0.05) is 13.2 Å². The molecule has 170 valence electrons. The first kappa shape index (κ1) is 23.4. The number of ether oxygens (including phenoxy) is 2. The van der Waals surface area contributed by atoms with Crippen LogP contribution in [0.1, 0.15) is 91.4 Å². The summed E-state index contributed by atoms with van der Waals surface area (Å²) in [5.41, 5.74) is 0. The molecule has 3 saturated carbocycles. The SMILES string of the molecule is CCCC1CCC(C2CCC(COC3C(C)CC(OCC)C(F)C3F)CC2)CC1. The van der Waals surface area contributed by atoms with E-state index in [0.29, 0.717) is 25.6 Å². The maximum atomic E-state index is 14.6. The smallest absolute Gasteiger partial charge is 0.160 e. The molecule has 0 aromatic heterocycles. The van der Waals surface area contributed by atoms with E-state index in [4.69, 9.17) is 9.47 Å². The normalized spacial score (nSPS) is 44.0. The summed E-state index contributed by atoms with van der Waals surface area (Å²) in [6.45, 7) is 7.14. The summed E-state index contributed by atoms with van der Waals surface area (Å²) in [5, 5.41) is 0. The highest BCUT2D eigenvalue weighted by molar-refractivity contribution is 4.93. The zero-order chi connectivity index (χ0) is 20.8. The molecule has 5 unspecified atom stereocenters. The predicted molar refractivity (Wildman–Crippen MR) is 115 cm³/mol. The van der Waals surface area contributed by atoms with Crippen LogP contribution < -0.4 is 0 Å². The lowest BCUT2D eigenvalue weighted by atomic mass is 9.69. The Bertz CT molecular complexity index is 458. The average molecular weight is 415 g/mol. The summed E-state index contributed by atoms with van der Waals surface area (Å²) in [6.07, 6.45) is 9.65. The highest BCUT2D eigenvalue weighted by Gasteiger charge is 2.45. The van der Waals surface area contributed by atoms with Crippen LogP contribution in [0.2, 0.25) is 0 Å². The van der Waals surface area contributed by atoms with E-state index in [2.05, 4.69) is 6.92 Å². The lowest BCUT2D eigenvalue weighted by molar-refractivity contribution is -0.144. The molecule has 0 aliphatic heterocycles. The Hall–Kier alpha value is -0.220. The summed E-state index contributed by atoms with van der Waals surface area (Å²) >= 11 is 0. The van der Waals surface area contributed by atoms with Gasteiger partial charge < -0.3 is 9.47 Å². The molecule has 3 aliphatic rings. The fourth-order valence-corrected chi connectivity index (χ4v) is 6.39. The van der Waals surface area contributed by atoms with Gasteiger partial charge in [-0.1, -0.05) is 39.5 Å². The topological polar surface area (TPSA) is 18.5 Å². The van der Waals surface area contributed by atoms with Crippen LogP contribution in [-0.4, -0.2) is 37.8 Å².